The molecule has 0 fully saturated rings. The molecule has 2 aromatic rings. The van der Waals surface area contributed by atoms with Gasteiger partial charge in [-0.3, -0.25) is 0 Å². The zero-order valence-corrected chi connectivity index (χ0v) is 10.1. The Kier molecular flexibility index (Phi) is 5.59. The summed E-state index contributed by atoms with van der Waals surface area (Å²) in [5.74, 6) is 0. The predicted octanol–water partition coefficient (Wildman–Crippen LogP) is 1.09. The average Bonchev–Trinajstić information content (AvgIpc) is 2.81. The van der Waals surface area contributed by atoms with Crippen LogP contribution in [0, 0.1) is 0 Å². The summed E-state index contributed by atoms with van der Waals surface area (Å²) in [5.41, 5.74) is 1.23. The van der Waals surface area contributed by atoms with Crippen LogP contribution in [-0.4, -0.2) is 31.4 Å². The third-order valence-corrected chi connectivity index (χ3v) is 2.37. The number of hydrogen-bond donors (Lipinski definition) is 1. The second-order valence-corrected chi connectivity index (χ2v) is 3.67. The molecular formula is C11H15ClN4O. The molecule has 1 aromatic carbocycles. The van der Waals surface area contributed by atoms with Gasteiger partial charge in [-0.15, -0.1) is 22.6 Å². The summed E-state index contributed by atoms with van der Waals surface area (Å²) in [6, 6.07) is 10.1. The minimum atomic E-state index is -0.436. The van der Waals surface area contributed by atoms with Gasteiger partial charge in [-0.1, -0.05) is 30.3 Å². The van der Waals surface area contributed by atoms with E-state index in [0.717, 1.165) is 6.42 Å². The van der Waals surface area contributed by atoms with Crippen LogP contribution < -0.4 is 0 Å². The first-order chi connectivity index (χ1) is 7.84. The van der Waals surface area contributed by atoms with Crippen LogP contribution in [0.15, 0.2) is 36.7 Å². The van der Waals surface area contributed by atoms with Gasteiger partial charge >= 0.3 is 0 Å². The first-order valence-corrected chi connectivity index (χ1v) is 5.27. The molecule has 1 atom stereocenters. The summed E-state index contributed by atoms with van der Waals surface area (Å²) < 4.78 is 0. The lowest BCUT2D eigenvalue weighted by Gasteiger charge is -2.08. The lowest BCUT2D eigenvalue weighted by Crippen LogP contribution is -2.18. The van der Waals surface area contributed by atoms with Crippen molar-refractivity contribution < 1.29 is 5.11 Å². The van der Waals surface area contributed by atoms with Crippen LogP contribution in [0.4, 0.5) is 0 Å². The van der Waals surface area contributed by atoms with E-state index in [0.29, 0.717) is 13.0 Å². The first-order valence-electron chi connectivity index (χ1n) is 5.27. The number of aryl methyl sites for hydroxylation is 1. The Morgan fingerprint density at radius 2 is 2.00 bits per heavy atom. The van der Waals surface area contributed by atoms with Crippen LogP contribution in [0.5, 0.6) is 0 Å². The van der Waals surface area contributed by atoms with E-state index in [1.807, 2.05) is 18.2 Å². The molecular weight excluding hydrogens is 240 g/mol. The van der Waals surface area contributed by atoms with E-state index in [4.69, 9.17) is 0 Å². The number of tetrazole rings is 1. The van der Waals surface area contributed by atoms with Crippen LogP contribution in [0.25, 0.3) is 0 Å². The van der Waals surface area contributed by atoms with Crippen molar-refractivity contribution in [2.75, 3.05) is 0 Å². The fourth-order valence-electron chi connectivity index (χ4n) is 1.53. The highest BCUT2D eigenvalue weighted by Gasteiger charge is 2.06. The second-order valence-electron chi connectivity index (χ2n) is 3.67. The topological polar surface area (TPSA) is 63.8 Å². The van der Waals surface area contributed by atoms with Gasteiger partial charge in [-0.25, -0.2) is 0 Å². The SMILES string of the molecule is Cl.OC(CCc1ccccc1)Cn1ncnn1. The lowest BCUT2D eigenvalue weighted by atomic mass is 10.1. The first kappa shape index (κ1) is 13.6. The van der Waals surface area contributed by atoms with Crippen LogP contribution >= 0.6 is 12.4 Å². The summed E-state index contributed by atoms with van der Waals surface area (Å²) in [5, 5.41) is 20.9. The molecule has 2 rings (SSSR count). The molecule has 5 nitrogen and oxygen atoms in total. The van der Waals surface area contributed by atoms with Crippen molar-refractivity contribution in [3.05, 3.63) is 42.2 Å². The highest BCUT2D eigenvalue weighted by atomic mass is 35.5. The molecule has 1 heterocycles. The van der Waals surface area contributed by atoms with Gasteiger partial charge in [0.05, 0.1) is 12.6 Å². The van der Waals surface area contributed by atoms with E-state index in [1.165, 1.54) is 16.7 Å². The molecule has 0 amide bonds. The third kappa shape index (κ3) is 4.50. The van der Waals surface area contributed by atoms with Gasteiger partial charge in [0, 0.05) is 0 Å². The largest absolute Gasteiger partial charge is 0.391 e. The van der Waals surface area contributed by atoms with E-state index >= 15 is 0 Å². The summed E-state index contributed by atoms with van der Waals surface area (Å²) >= 11 is 0. The van der Waals surface area contributed by atoms with E-state index in [9.17, 15) is 5.11 Å². The summed E-state index contributed by atoms with van der Waals surface area (Å²) in [6.07, 6.45) is 2.49. The zero-order valence-electron chi connectivity index (χ0n) is 9.31. The summed E-state index contributed by atoms with van der Waals surface area (Å²) in [7, 11) is 0. The van der Waals surface area contributed by atoms with Crippen molar-refractivity contribution in [1.29, 1.82) is 0 Å². The van der Waals surface area contributed by atoms with Gasteiger partial charge in [0.25, 0.3) is 0 Å². The van der Waals surface area contributed by atoms with Crippen molar-refractivity contribution in [2.24, 2.45) is 0 Å². The molecule has 6 heteroatoms. The maximum Gasteiger partial charge on any atom is 0.162 e. The van der Waals surface area contributed by atoms with Gasteiger partial charge < -0.3 is 5.11 Å². The third-order valence-electron chi connectivity index (χ3n) is 2.37. The molecule has 92 valence electrons. The van der Waals surface area contributed by atoms with E-state index in [1.54, 1.807) is 0 Å². The Hall–Kier alpha value is -1.46. The zero-order chi connectivity index (χ0) is 11.2. The lowest BCUT2D eigenvalue weighted by molar-refractivity contribution is 0.133. The number of nitrogens with zero attached hydrogens (tertiary/aromatic N) is 4. The number of hydrogen-bond acceptors (Lipinski definition) is 4. The highest BCUT2D eigenvalue weighted by molar-refractivity contribution is 5.85. The van der Waals surface area contributed by atoms with Crippen molar-refractivity contribution in [3.63, 3.8) is 0 Å². The Bertz CT molecular complexity index is 407. The molecule has 0 saturated heterocycles. The maximum atomic E-state index is 9.75. The molecule has 0 spiro atoms. The summed E-state index contributed by atoms with van der Waals surface area (Å²) in [6.45, 7) is 0.396. The normalized spacial score (nSPS) is 11.8. The average molecular weight is 255 g/mol. The molecule has 1 N–H and O–H groups in total. The maximum absolute atomic E-state index is 9.75. The van der Waals surface area contributed by atoms with Crippen LogP contribution in [-0.2, 0) is 13.0 Å². The fraction of sp³-hybridized carbons (Fsp3) is 0.364. The van der Waals surface area contributed by atoms with Crippen LogP contribution in [0.3, 0.4) is 0 Å². The van der Waals surface area contributed by atoms with Crippen LogP contribution in [0.1, 0.15) is 12.0 Å². The molecule has 0 aliphatic carbocycles. The molecule has 0 bridgehead atoms. The smallest absolute Gasteiger partial charge is 0.162 e. The van der Waals surface area contributed by atoms with Gasteiger partial charge in [-0.05, 0) is 23.6 Å². The Morgan fingerprint density at radius 1 is 1.24 bits per heavy atom. The van der Waals surface area contributed by atoms with Crippen molar-refractivity contribution >= 4 is 12.4 Å². The number of rotatable bonds is 5. The monoisotopic (exact) mass is 254 g/mol. The number of aliphatic hydroxyl groups is 1. The van der Waals surface area contributed by atoms with Crippen molar-refractivity contribution in [3.8, 4) is 0 Å². The molecule has 0 saturated carbocycles. The van der Waals surface area contributed by atoms with Crippen molar-refractivity contribution in [1.82, 2.24) is 20.2 Å². The van der Waals surface area contributed by atoms with Crippen LogP contribution in [0.2, 0.25) is 0 Å². The quantitative estimate of drug-likeness (QED) is 0.868. The minimum absolute atomic E-state index is 0. The molecule has 1 unspecified atom stereocenters. The van der Waals surface area contributed by atoms with E-state index in [-0.39, 0.29) is 12.4 Å². The second kappa shape index (κ2) is 6.98. The fourth-order valence-corrected chi connectivity index (χ4v) is 1.53. The van der Waals surface area contributed by atoms with Gasteiger partial charge in [0.15, 0.2) is 6.33 Å². The Balaban J connectivity index is 0.00000144. The number of aromatic nitrogens is 4. The molecule has 1 aromatic heterocycles. The van der Waals surface area contributed by atoms with Crippen molar-refractivity contribution in [2.45, 2.75) is 25.5 Å². The predicted molar refractivity (Wildman–Crippen MR) is 65.8 cm³/mol. The number of aliphatic hydroxyl groups excluding tert-OH is 1. The highest BCUT2D eigenvalue weighted by Crippen LogP contribution is 2.05. The minimum Gasteiger partial charge on any atom is -0.391 e. The van der Waals surface area contributed by atoms with Gasteiger partial charge in [0.1, 0.15) is 0 Å². The molecule has 0 aliphatic rings. The Morgan fingerprint density at radius 3 is 2.65 bits per heavy atom. The van der Waals surface area contributed by atoms with Gasteiger partial charge in [-0.2, -0.15) is 4.80 Å². The standard InChI is InChI=1S/C11H14N4O.ClH/c16-11(8-15-13-9-12-14-15)7-6-10-4-2-1-3-5-10;/h1-5,9,11,16H,6-8H2;1H. The molecule has 0 aliphatic heterocycles. The van der Waals surface area contributed by atoms with Gasteiger partial charge in [0.2, 0.25) is 0 Å². The number of halogens is 1. The Labute approximate surface area is 106 Å². The molecule has 17 heavy (non-hydrogen) atoms. The summed E-state index contributed by atoms with van der Waals surface area (Å²) in [4.78, 5) is 1.40. The van der Waals surface area contributed by atoms with E-state index in [2.05, 4.69) is 27.5 Å². The molecule has 0 radical (unpaired) electrons. The number of benzene rings is 1. The van der Waals surface area contributed by atoms with E-state index < -0.39 is 6.10 Å².